The number of aryl methyl sites for hydroxylation is 2. The van der Waals surface area contributed by atoms with Gasteiger partial charge in [-0.25, -0.2) is 0 Å². The lowest BCUT2D eigenvalue weighted by Crippen LogP contribution is -2.38. The third-order valence-corrected chi connectivity index (χ3v) is 4.40. The molecular weight excluding hydrogens is 359 g/mol. The number of nitrogens with one attached hydrogen (secondary N) is 1. The molecule has 2 aromatic rings. The maximum atomic E-state index is 5.71. The van der Waals surface area contributed by atoms with Crippen LogP contribution in [0, 0.1) is 17.4 Å². The lowest BCUT2D eigenvalue weighted by Gasteiger charge is -2.17. The van der Waals surface area contributed by atoms with Gasteiger partial charge in [-0.3, -0.25) is 11.3 Å². The topological polar surface area (TPSA) is 38.0 Å². The summed E-state index contributed by atoms with van der Waals surface area (Å²) < 4.78 is 1.26. The van der Waals surface area contributed by atoms with E-state index in [-0.39, 0.29) is 6.04 Å². The largest absolute Gasteiger partial charge is 0.271 e. The van der Waals surface area contributed by atoms with Crippen LogP contribution in [0.5, 0.6) is 0 Å². The van der Waals surface area contributed by atoms with E-state index in [0.717, 1.165) is 12.8 Å². The zero-order valence-electron chi connectivity index (χ0n) is 12.0. The first-order valence-electron chi connectivity index (χ1n) is 6.85. The van der Waals surface area contributed by atoms with Crippen LogP contribution in [-0.4, -0.2) is 6.04 Å². The monoisotopic (exact) mass is 380 g/mol. The molecule has 2 aromatic carbocycles. The number of hydrogen-bond donors (Lipinski definition) is 2. The lowest BCUT2D eigenvalue weighted by atomic mass is 9.97. The maximum absolute atomic E-state index is 5.71. The zero-order chi connectivity index (χ0) is 14.5. The molecule has 3 N–H and O–H groups in total. The van der Waals surface area contributed by atoms with Crippen molar-refractivity contribution < 1.29 is 0 Å². The van der Waals surface area contributed by atoms with Crippen LogP contribution in [0.3, 0.4) is 0 Å². The van der Waals surface area contributed by atoms with Crippen molar-refractivity contribution in [2.45, 2.75) is 32.7 Å². The quantitative estimate of drug-likeness (QED) is 0.473. The lowest BCUT2D eigenvalue weighted by molar-refractivity contribution is 0.522. The summed E-state index contributed by atoms with van der Waals surface area (Å²) in [7, 11) is 0. The highest BCUT2D eigenvalue weighted by Crippen LogP contribution is 2.14. The molecule has 20 heavy (non-hydrogen) atoms. The van der Waals surface area contributed by atoms with Gasteiger partial charge in [-0.2, -0.15) is 0 Å². The highest BCUT2D eigenvalue weighted by atomic mass is 127. The van der Waals surface area contributed by atoms with Crippen LogP contribution in [0.15, 0.2) is 42.5 Å². The maximum Gasteiger partial charge on any atom is 0.0291 e. The van der Waals surface area contributed by atoms with Crippen molar-refractivity contribution in [3.8, 4) is 0 Å². The number of nitrogens with two attached hydrogens (primary N) is 1. The van der Waals surface area contributed by atoms with Crippen LogP contribution in [0.25, 0.3) is 0 Å². The van der Waals surface area contributed by atoms with Gasteiger partial charge in [0.2, 0.25) is 0 Å². The summed E-state index contributed by atoms with van der Waals surface area (Å²) in [6, 6.07) is 15.5. The first-order chi connectivity index (χ1) is 9.58. The first kappa shape index (κ1) is 15.5. The summed E-state index contributed by atoms with van der Waals surface area (Å²) in [5, 5.41) is 0. The van der Waals surface area contributed by atoms with Crippen molar-refractivity contribution in [3.63, 3.8) is 0 Å². The molecule has 0 aromatic heterocycles. The molecule has 0 amide bonds. The third kappa shape index (κ3) is 4.30. The van der Waals surface area contributed by atoms with Crippen LogP contribution >= 0.6 is 22.6 Å². The Kier molecular flexibility index (Phi) is 5.57. The van der Waals surface area contributed by atoms with E-state index in [4.69, 9.17) is 5.84 Å². The van der Waals surface area contributed by atoms with Crippen LogP contribution in [0.1, 0.15) is 22.3 Å². The van der Waals surface area contributed by atoms with E-state index in [2.05, 4.69) is 84.3 Å². The average Bonchev–Trinajstić information content (AvgIpc) is 2.44. The Balaban J connectivity index is 2.04. The zero-order valence-corrected chi connectivity index (χ0v) is 14.1. The molecule has 1 atom stereocenters. The molecule has 2 rings (SSSR count). The molecule has 2 nitrogen and oxygen atoms in total. The van der Waals surface area contributed by atoms with Crippen molar-refractivity contribution in [1.82, 2.24) is 5.43 Å². The van der Waals surface area contributed by atoms with Crippen LogP contribution < -0.4 is 11.3 Å². The second-order valence-corrected chi connectivity index (χ2v) is 6.56. The van der Waals surface area contributed by atoms with Gasteiger partial charge in [0.15, 0.2) is 0 Å². The van der Waals surface area contributed by atoms with E-state index in [1.807, 2.05) is 0 Å². The van der Waals surface area contributed by atoms with E-state index >= 15 is 0 Å². The van der Waals surface area contributed by atoms with Crippen LogP contribution in [0.4, 0.5) is 0 Å². The number of halogens is 1. The first-order valence-corrected chi connectivity index (χ1v) is 7.93. The minimum Gasteiger partial charge on any atom is -0.271 e. The molecule has 106 valence electrons. The Morgan fingerprint density at radius 3 is 2.15 bits per heavy atom. The van der Waals surface area contributed by atoms with Gasteiger partial charge < -0.3 is 0 Å². The predicted octanol–water partition coefficient (Wildman–Crippen LogP) is 3.53. The molecule has 3 heteroatoms. The van der Waals surface area contributed by atoms with Gasteiger partial charge in [-0.05, 0) is 83.7 Å². The van der Waals surface area contributed by atoms with Crippen LogP contribution in [0.2, 0.25) is 0 Å². The van der Waals surface area contributed by atoms with Crippen molar-refractivity contribution in [2.75, 3.05) is 0 Å². The minimum absolute atomic E-state index is 0.261. The van der Waals surface area contributed by atoms with Gasteiger partial charge in [0.05, 0.1) is 0 Å². The van der Waals surface area contributed by atoms with E-state index in [1.165, 1.54) is 25.8 Å². The summed E-state index contributed by atoms with van der Waals surface area (Å²) in [6.07, 6.45) is 1.89. The predicted molar refractivity (Wildman–Crippen MR) is 93.6 cm³/mol. The summed E-state index contributed by atoms with van der Waals surface area (Å²) in [5.41, 5.74) is 8.27. The molecule has 0 saturated carbocycles. The third-order valence-electron chi connectivity index (χ3n) is 3.68. The Morgan fingerprint density at radius 2 is 1.55 bits per heavy atom. The fraction of sp³-hybridized carbons (Fsp3) is 0.294. The van der Waals surface area contributed by atoms with Gasteiger partial charge in [0.25, 0.3) is 0 Å². The fourth-order valence-electron chi connectivity index (χ4n) is 2.31. The molecule has 0 spiro atoms. The molecule has 0 aliphatic carbocycles. The molecule has 0 aliphatic heterocycles. The standard InChI is InChI=1S/C17H21IN2/c1-12-3-4-15(9-13(12)2)11-17(20-19)10-14-5-7-16(18)8-6-14/h3-9,17,20H,10-11,19H2,1-2H3. The van der Waals surface area contributed by atoms with Gasteiger partial charge in [0.1, 0.15) is 0 Å². The molecule has 0 bridgehead atoms. The normalized spacial score (nSPS) is 12.4. The Morgan fingerprint density at radius 1 is 0.950 bits per heavy atom. The number of hydrogen-bond acceptors (Lipinski definition) is 2. The molecule has 0 radical (unpaired) electrons. The van der Waals surface area contributed by atoms with Gasteiger partial charge in [-0.15, -0.1) is 0 Å². The van der Waals surface area contributed by atoms with E-state index in [0.29, 0.717) is 0 Å². The molecule has 0 heterocycles. The second-order valence-electron chi connectivity index (χ2n) is 5.32. The van der Waals surface area contributed by atoms with Gasteiger partial charge >= 0.3 is 0 Å². The Labute approximate surface area is 134 Å². The Bertz CT molecular complexity index is 564. The van der Waals surface area contributed by atoms with Crippen molar-refractivity contribution in [1.29, 1.82) is 0 Å². The number of rotatable bonds is 5. The molecule has 0 saturated heterocycles. The van der Waals surface area contributed by atoms with Gasteiger partial charge in [0, 0.05) is 9.61 Å². The summed E-state index contributed by atoms with van der Waals surface area (Å²) in [5.74, 6) is 5.71. The summed E-state index contributed by atoms with van der Waals surface area (Å²) in [4.78, 5) is 0. The highest BCUT2D eigenvalue weighted by Gasteiger charge is 2.09. The summed E-state index contributed by atoms with van der Waals surface area (Å²) >= 11 is 2.32. The molecular formula is C17H21IN2. The number of hydrazine groups is 1. The number of benzene rings is 2. The minimum atomic E-state index is 0.261. The van der Waals surface area contributed by atoms with E-state index in [1.54, 1.807) is 0 Å². The van der Waals surface area contributed by atoms with E-state index in [9.17, 15) is 0 Å². The fourth-order valence-corrected chi connectivity index (χ4v) is 2.67. The van der Waals surface area contributed by atoms with Crippen molar-refractivity contribution >= 4 is 22.6 Å². The Hall–Kier alpha value is -0.910. The van der Waals surface area contributed by atoms with Crippen LogP contribution in [-0.2, 0) is 12.8 Å². The molecule has 0 fully saturated rings. The highest BCUT2D eigenvalue weighted by molar-refractivity contribution is 14.1. The molecule has 0 aliphatic rings. The van der Waals surface area contributed by atoms with E-state index < -0.39 is 0 Å². The average molecular weight is 380 g/mol. The van der Waals surface area contributed by atoms with Crippen molar-refractivity contribution in [2.24, 2.45) is 5.84 Å². The smallest absolute Gasteiger partial charge is 0.0291 e. The summed E-state index contributed by atoms with van der Waals surface area (Å²) in [6.45, 7) is 4.30. The second kappa shape index (κ2) is 7.20. The van der Waals surface area contributed by atoms with Gasteiger partial charge in [-0.1, -0.05) is 30.3 Å². The van der Waals surface area contributed by atoms with Crippen molar-refractivity contribution in [3.05, 3.63) is 68.3 Å². The molecule has 1 unspecified atom stereocenters. The SMILES string of the molecule is Cc1ccc(CC(Cc2ccc(I)cc2)NN)cc1C.